The smallest absolute Gasteiger partial charge is 0.267 e. The van der Waals surface area contributed by atoms with E-state index in [4.69, 9.17) is 0 Å². The molecule has 8 heteroatoms. The number of hydrogen-bond acceptors (Lipinski definition) is 5. The molecule has 0 aliphatic carbocycles. The molecule has 0 radical (unpaired) electrons. The zero-order valence-corrected chi connectivity index (χ0v) is 13.8. The summed E-state index contributed by atoms with van der Waals surface area (Å²) in [6.07, 6.45) is 1.41. The lowest BCUT2D eigenvalue weighted by molar-refractivity contribution is -0.129. The Morgan fingerprint density at radius 2 is 1.35 bits per heavy atom. The quantitative estimate of drug-likeness (QED) is 0.602. The minimum absolute atomic E-state index is 0.0400. The number of hydrazine groups is 1. The minimum atomic E-state index is -0.779. The van der Waals surface area contributed by atoms with E-state index in [0.29, 0.717) is 27.3 Å². The van der Waals surface area contributed by atoms with Gasteiger partial charge in [0.15, 0.2) is 0 Å². The number of imide groups is 2. The first-order valence-corrected chi connectivity index (χ1v) is 8.30. The summed E-state index contributed by atoms with van der Waals surface area (Å²) in [5.74, 6) is -2.66. The van der Waals surface area contributed by atoms with Gasteiger partial charge in [-0.1, -0.05) is 24.3 Å². The summed E-state index contributed by atoms with van der Waals surface area (Å²) in [7, 11) is 0. The van der Waals surface area contributed by atoms with Crippen LogP contribution in [0, 0.1) is 5.82 Å². The lowest BCUT2D eigenvalue weighted by Crippen LogP contribution is -2.48. The number of rotatable bonds is 2. The summed E-state index contributed by atoms with van der Waals surface area (Å²) in [4.78, 5) is 49.9. The fourth-order valence-electron chi connectivity index (χ4n) is 2.70. The van der Waals surface area contributed by atoms with E-state index in [2.05, 4.69) is 0 Å². The molecular weight excluding hydrogens is 359 g/mol. The first-order chi connectivity index (χ1) is 12.5. The average molecular weight is 368 g/mol. The van der Waals surface area contributed by atoms with Crippen molar-refractivity contribution >= 4 is 40.8 Å². The van der Waals surface area contributed by atoms with Crippen molar-refractivity contribution < 1.29 is 23.6 Å². The van der Waals surface area contributed by atoms with Crippen molar-refractivity contribution in [3.63, 3.8) is 0 Å². The molecule has 2 aliphatic rings. The molecule has 1 saturated heterocycles. The zero-order valence-electron chi connectivity index (χ0n) is 13.0. The number of nitrogens with zero attached hydrogens (tertiary/aromatic N) is 2. The topological polar surface area (TPSA) is 74.8 Å². The summed E-state index contributed by atoms with van der Waals surface area (Å²) in [5.41, 5.74) is 0.789. The molecule has 4 rings (SSSR count). The maximum absolute atomic E-state index is 13.0. The molecule has 0 unspecified atom stereocenters. The molecule has 0 aromatic heterocycles. The van der Waals surface area contributed by atoms with Crippen molar-refractivity contribution in [2.45, 2.75) is 0 Å². The van der Waals surface area contributed by atoms with E-state index >= 15 is 0 Å². The van der Waals surface area contributed by atoms with E-state index in [1.807, 2.05) is 0 Å². The van der Waals surface area contributed by atoms with Crippen LogP contribution in [0.1, 0.15) is 26.3 Å². The number of fused-ring (bicyclic) bond motifs is 1. The van der Waals surface area contributed by atoms with Crippen LogP contribution >= 0.6 is 11.8 Å². The Bertz CT molecular complexity index is 981. The third-order valence-corrected chi connectivity index (χ3v) is 4.77. The Kier molecular flexibility index (Phi) is 3.69. The lowest BCUT2D eigenvalue weighted by atomic mass is 10.1. The molecule has 2 aromatic carbocycles. The van der Waals surface area contributed by atoms with Crippen LogP contribution in [0.5, 0.6) is 0 Å². The molecule has 0 N–H and O–H groups in total. The largest absolute Gasteiger partial charge is 0.313 e. The monoisotopic (exact) mass is 368 g/mol. The third-order valence-electron chi connectivity index (χ3n) is 3.91. The number of carbonyl (C=O) groups is 4. The molecule has 1 fully saturated rings. The fourth-order valence-corrected chi connectivity index (χ4v) is 3.51. The van der Waals surface area contributed by atoms with Gasteiger partial charge in [0.25, 0.3) is 17.7 Å². The van der Waals surface area contributed by atoms with Crippen LogP contribution in [-0.4, -0.2) is 33.0 Å². The van der Waals surface area contributed by atoms with Crippen molar-refractivity contribution in [2.24, 2.45) is 0 Å². The van der Waals surface area contributed by atoms with Gasteiger partial charge in [0.2, 0.25) is 0 Å². The molecule has 0 saturated carbocycles. The van der Waals surface area contributed by atoms with Crippen LogP contribution in [0.3, 0.4) is 0 Å². The second-order valence-corrected chi connectivity index (χ2v) is 6.51. The van der Waals surface area contributed by atoms with Gasteiger partial charge in [-0.15, -0.1) is 0 Å². The highest BCUT2D eigenvalue weighted by atomic mass is 32.2. The van der Waals surface area contributed by atoms with E-state index < -0.39 is 28.8 Å². The molecule has 128 valence electrons. The van der Waals surface area contributed by atoms with Crippen LogP contribution in [-0.2, 0) is 4.79 Å². The molecule has 4 amide bonds. The highest BCUT2D eigenvalue weighted by Crippen LogP contribution is 2.36. The molecule has 2 aliphatic heterocycles. The van der Waals surface area contributed by atoms with Gasteiger partial charge in [-0.2, -0.15) is 10.0 Å². The van der Waals surface area contributed by atoms with Gasteiger partial charge in [-0.25, -0.2) is 4.39 Å². The van der Waals surface area contributed by atoms with Gasteiger partial charge in [-0.05, 0) is 47.7 Å². The van der Waals surface area contributed by atoms with Crippen LogP contribution in [0.4, 0.5) is 9.18 Å². The summed E-state index contributed by atoms with van der Waals surface area (Å²) < 4.78 is 13.0. The highest BCUT2D eigenvalue weighted by Gasteiger charge is 2.48. The average Bonchev–Trinajstić information content (AvgIpc) is 3.04. The zero-order chi connectivity index (χ0) is 18.4. The Morgan fingerprint density at radius 1 is 0.769 bits per heavy atom. The van der Waals surface area contributed by atoms with Crippen molar-refractivity contribution in [1.29, 1.82) is 0 Å². The van der Waals surface area contributed by atoms with Crippen LogP contribution < -0.4 is 0 Å². The van der Waals surface area contributed by atoms with E-state index in [0.717, 1.165) is 0 Å². The lowest BCUT2D eigenvalue weighted by Gasteiger charge is -2.21. The maximum atomic E-state index is 13.0. The summed E-state index contributed by atoms with van der Waals surface area (Å²) >= 11 is 0.609. The van der Waals surface area contributed by atoms with Crippen molar-refractivity contribution in [2.75, 3.05) is 0 Å². The molecule has 26 heavy (non-hydrogen) atoms. The number of thioether (sulfide) groups is 1. The van der Waals surface area contributed by atoms with E-state index in [1.165, 1.54) is 42.5 Å². The predicted octanol–water partition coefficient (Wildman–Crippen LogP) is 3.07. The Balaban J connectivity index is 1.68. The van der Waals surface area contributed by atoms with Crippen molar-refractivity contribution in [1.82, 2.24) is 10.0 Å². The van der Waals surface area contributed by atoms with Crippen LogP contribution in [0.2, 0.25) is 0 Å². The maximum Gasteiger partial charge on any atom is 0.313 e. The molecule has 0 spiro atoms. The second-order valence-electron chi connectivity index (χ2n) is 5.51. The number of hydrogen-bond donors (Lipinski definition) is 0. The number of amides is 4. The normalized spacial score (nSPS) is 18.3. The summed E-state index contributed by atoms with van der Waals surface area (Å²) in [6.45, 7) is 0. The molecular formula is C18H9FN2O4S. The fraction of sp³-hybridized carbons (Fsp3) is 0. The van der Waals surface area contributed by atoms with Crippen LogP contribution in [0.15, 0.2) is 53.4 Å². The Labute approximate surface area is 150 Å². The van der Waals surface area contributed by atoms with Crippen molar-refractivity contribution in [3.05, 3.63) is 75.9 Å². The van der Waals surface area contributed by atoms with Gasteiger partial charge < -0.3 is 0 Å². The van der Waals surface area contributed by atoms with Gasteiger partial charge in [-0.3, -0.25) is 19.2 Å². The third kappa shape index (κ3) is 2.42. The Morgan fingerprint density at radius 3 is 1.92 bits per heavy atom. The molecule has 2 aromatic rings. The second kappa shape index (κ2) is 5.92. The van der Waals surface area contributed by atoms with Gasteiger partial charge in [0, 0.05) is 0 Å². The van der Waals surface area contributed by atoms with Gasteiger partial charge in [0.05, 0.1) is 16.0 Å². The number of halogens is 1. The van der Waals surface area contributed by atoms with Crippen molar-refractivity contribution in [3.8, 4) is 0 Å². The van der Waals surface area contributed by atoms with Gasteiger partial charge >= 0.3 is 5.24 Å². The molecule has 0 atom stereocenters. The predicted molar refractivity (Wildman–Crippen MR) is 91.2 cm³/mol. The van der Waals surface area contributed by atoms with E-state index in [9.17, 15) is 23.6 Å². The molecule has 6 nitrogen and oxygen atoms in total. The molecule has 2 heterocycles. The van der Waals surface area contributed by atoms with Crippen LogP contribution in [0.25, 0.3) is 6.08 Å². The van der Waals surface area contributed by atoms with Gasteiger partial charge in [0.1, 0.15) is 5.82 Å². The SMILES string of the molecule is O=C1S/C(=C\c2ccc(F)cc2)C(=O)N1N1C(=O)c2ccccc2C1=O. The minimum Gasteiger partial charge on any atom is -0.267 e. The first kappa shape index (κ1) is 16.2. The Hall–Kier alpha value is -3.26. The summed E-state index contributed by atoms with van der Waals surface area (Å²) in [6, 6.07) is 11.5. The van der Waals surface area contributed by atoms with E-state index in [1.54, 1.807) is 12.1 Å². The molecule has 0 bridgehead atoms. The summed E-state index contributed by atoms with van der Waals surface area (Å²) in [5, 5.41) is 0.358. The number of carbonyl (C=O) groups excluding carboxylic acids is 4. The number of benzene rings is 2. The van der Waals surface area contributed by atoms with E-state index in [-0.39, 0.29) is 16.0 Å². The highest BCUT2D eigenvalue weighted by molar-refractivity contribution is 8.18. The standard InChI is InChI=1S/C18H9FN2O4S/c19-11-7-5-10(6-8-11)9-14-17(24)21(18(25)26-14)20-15(22)12-3-1-2-4-13(12)16(20)23/h1-9H/b14-9-. The first-order valence-electron chi connectivity index (χ1n) is 7.48.